The molecule has 2 heteroatoms. The third-order valence-corrected chi connectivity index (χ3v) is 2.24. The average Bonchev–Trinajstić information content (AvgIpc) is 1.84. The quantitative estimate of drug-likeness (QED) is 0.493. The standard InChI is InChI=1S/C9H22N2/c1-7-9(5,6)11(10)8(2,3)4/h7,10H2,1-6H3. The molecule has 0 radical (unpaired) electrons. The summed E-state index contributed by atoms with van der Waals surface area (Å²) in [6.07, 6.45) is 1.07. The van der Waals surface area contributed by atoms with Crippen molar-refractivity contribution in [1.29, 1.82) is 0 Å². The molecule has 0 rings (SSSR count). The molecule has 11 heavy (non-hydrogen) atoms. The van der Waals surface area contributed by atoms with Gasteiger partial charge in [-0.05, 0) is 41.0 Å². The molecular weight excluding hydrogens is 136 g/mol. The molecule has 0 aliphatic heterocycles. The highest BCUT2D eigenvalue weighted by atomic mass is 15.5. The fourth-order valence-corrected chi connectivity index (χ4v) is 1.08. The lowest BCUT2D eigenvalue weighted by atomic mass is 9.95. The average molecular weight is 158 g/mol. The maximum Gasteiger partial charge on any atom is 0.0298 e. The van der Waals surface area contributed by atoms with Crippen molar-refractivity contribution in [1.82, 2.24) is 5.01 Å². The van der Waals surface area contributed by atoms with Gasteiger partial charge in [0.2, 0.25) is 0 Å². The van der Waals surface area contributed by atoms with Gasteiger partial charge in [-0.15, -0.1) is 0 Å². The van der Waals surface area contributed by atoms with Gasteiger partial charge in [0, 0.05) is 11.1 Å². The summed E-state index contributed by atoms with van der Waals surface area (Å²) in [5.41, 5.74) is 0.151. The number of nitrogens with two attached hydrogens (primary N) is 1. The molecule has 0 aliphatic carbocycles. The van der Waals surface area contributed by atoms with Crippen LogP contribution in [0, 0.1) is 0 Å². The first-order chi connectivity index (χ1) is 4.72. The molecule has 0 aliphatic rings. The molecule has 0 fully saturated rings. The van der Waals surface area contributed by atoms with Crippen LogP contribution >= 0.6 is 0 Å². The van der Waals surface area contributed by atoms with E-state index in [1.165, 1.54) is 0 Å². The highest BCUT2D eigenvalue weighted by Gasteiger charge is 2.30. The minimum absolute atomic E-state index is 0.0551. The van der Waals surface area contributed by atoms with Crippen LogP contribution in [0.2, 0.25) is 0 Å². The first-order valence-electron chi connectivity index (χ1n) is 4.27. The molecule has 0 atom stereocenters. The van der Waals surface area contributed by atoms with Gasteiger partial charge >= 0.3 is 0 Å². The summed E-state index contributed by atoms with van der Waals surface area (Å²) >= 11 is 0. The number of hydrogen-bond donors (Lipinski definition) is 1. The van der Waals surface area contributed by atoms with E-state index < -0.39 is 0 Å². The second-order valence-electron chi connectivity index (χ2n) is 4.71. The van der Waals surface area contributed by atoms with Crippen LogP contribution in [-0.2, 0) is 0 Å². The molecule has 0 spiro atoms. The van der Waals surface area contributed by atoms with Crippen LogP contribution in [-0.4, -0.2) is 16.1 Å². The first kappa shape index (κ1) is 10.9. The second kappa shape index (κ2) is 3.11. The van der Waals surface area contributed by atoms with Gasteiger partial charge in [0.05, 0.1) is 0 Å². The highest BCUT2D eigenvalue weighted by molar-refractivity contribution is 4.84. The summed E-state index contributed by atoms with van der Waals surface area (Å²) in [6, 6.07) is 0. The van der Waals surface area contributed by atoms with Gasteiger partial charge in [0.15, 0.2) is 0 Å². The van der Waals surface area contributed by atoms with E-state index in [4.69, 9.17) is 5.84 Å². The van der Waals surface area contributed by atoms with Crippen LogP contribution in [0.3, 0.4) is 0 Å². The van der Waals surface area contributed by atoms with Crippen LogP contribution < -0.4 is 5.84 Å². The molecule has 0 heterocycles. The van der Waals surface area contributed by atoms with Gasteiger partial charge < -0.3 is 0 Å². The second-order valence-corrected chi connectivity index (χ2v) is 4.71. The molecule has 0 aromatic carbocycles. The largest absolute Gasteiger partial charge is 0.268 e. The first-order valence-corrected chi connectivity index (χ1v) is 4.27. The Hall–Kier alpha value is -0.0800. The van der Waals surface area contributed by atoms with E-state index in [1.807, 2.05) is 5.01 Å². The summed E-state index contributed by atoms with van der Waals surface area (Å²) in [7, 11) is 0. The zero-order chi connectivity index (χ0) is 9.28. The van der Waals surface area contributed by atoms with Gasteiger partial charge in [-0.1, -0.05) is 6.92 Å². The fraction of sp³-hybridized carbons (Fsp3) is 1.00. The molecule has 2 nitrogen and oxygen atoms in total. The smallest absolute Gasteiger partial charge is 0.0298 e. The minimum Gasteiger partial charge on any atom is -0.268 e. The molecule has 0 saturated heterocycles. The Morgan fingerprint density at radius 1 is 1.09 bits per heavy atom. The normalized spacial score (nSPS) is 14.2. The van der Waals surface area contributed by atoms with Gasteiger partial charge in [0.1, 0.15) is 0 Å². The Morgan fingerprint density at radius 2 is 1.45 bits per heavy atom. The molecule has 68 valence electrons. The van der Waals surface area contributed by atoms with Crippen molar-refractivity contribution >= 4 is 0 Å². The van der Waals surface area contributed by atoms with Gasteiger partial charge in [-0.3, -0.25) is 5.84 Å². The van der Waals surface area contributed by atoms with Crippen LogP contribution in [0.4, 0.5) is 0 Å². The summed E-state index contributed by atoms with van der Waals surface area (Å²) < 4.78 is 0. The summed E-state index contributed by atoms with van der Waals surface area (Å²) in [5, 5.41) is 1.93. The van der Waals surface area contributed by atoms with E-state index in [-0.39, 0.29) is 11.1 Å². The monoisotopic (exact) mass is 158 g/mol. The van der Waals surface area contributed by atoms with Crippen LogP contribution in [0.1, 0.15) is 48.0 Å². The Bertz CT molecular complexity index is 122. The van der Waals surface area contributed by atoms with Crippen molar-refractivity contribution in [3.05, 3.63) is 0 Å². The third kappa shape index (κ3) is 2.80. The van der Waals surface area contributed by atoms with E-state index in [9.17, 15) is 0 Å². The molecule has 2 N–H and O–H groups in total. The summed E-state index contributed by atoms with van der Waals surface area (Å²) in [5.74, 6) is 5.97. The number of nitrogens with zero attached hydrogens (tertiary/aromatic N) is 1. The van der Waals surface area contributed by atoms with E-state index >= 15 is 0 Å². The Labute approximate surface area is 70.7 Å². The molecule has 0 bridgehead atoms. The van der Waals surface area contributed by atoms with Crippen molar-refractivity contribution < 1.29 is 0 Å². The van der Waals surface area contributed by atoms with Gasteiger partial charge in [0.25, 0.3) is 0 Å². The molecule has 0 saturated carbocycles. The van der Waals surface area contributed by atoms with Gasteiger partial charge in [-0.2, -0.15) is 0 Å². The van der Waals surface area contributed by atoms with Crippen molar-refractivity contribution in [2.24, 2.45) is 5.84 Å². The lowest BCUT2D eigenvalue weighted by Gasteiger charge is -2.43. The maximum atomic E-state index is 5.97. The predicted molar refractivity (Wildman–Crippen MR) is 50.1 cm³/mol. The van der Waals surface area contributed by atoms with Crippen molar-refractivity contribution in [3.8, 4) is 0 Å². The lowest BCUT2D eigenvalue weighted by Crippen LogP contribution is -2.57. The SMILES string of the molecule is CCC(C)(C)N(N)C(C)(C)C. The highest BCUT2D eigenvalue weighted by Crippen LogP contribution is 2.22. The molecule has 0 aromatic heterocycles. The van der Waals surface area contributed by atoms with E-state index in [1.54, 1.807) is 0 Å². The Kier molecular flexibility index (Phi) is 3.09. The van der Waals surface area contributed by atoms with Gasteiger partial charge in [-0.25, -0.2) is 5.01 Å². The van der Waals surface area contributed by atoms with Crippen LogP contribution in [0.5, 0.6) is 0 Å². The number of rotatable bonds is 2. The zero-order valence-corrected chi connectivity index (χ0v) is 8.73. The lowest BCUT2D eigenvalue weighted by molar-refractivity contribution is 0.0237. The predicted octanol–water partition coefficient (Wildman–Crippen LogP) is 2.15. The molecule has 0 aromatic rings. The molecular formula is C9H22N2. The van der Waals surface area contributed by atoms with Crippen LogP contribution in [0.25, 0.3) is 0 Å². The Morgan fingerprint density at radius 3 is 1.55 bits per heavy atom. The topological polar surface area (TPSA) is 29.3 Å². The van der Waals surface area contributed by atoms with Crippen molar-refractivity contribution in [2.45, 2.75) is 59.0 Å². The zero-order valence-electron chi connectivity index (χ0n) is 8.73. The number of hydrazine groups is 1. The summed E-state index contributed by atoms with van der Waals surface area (Å²) in [6.45, 7) is 12.9. The van der Waals surface area contributed by atoms with Crippen LogP contribution in [0.15, 0.2) is 0 Å². The third-order valence-electron chi connectivity index (χ3n) is 2.24. The molecule has 0 unspecified atom stereocenters. The van der Waals surface area contributed by atoms with E-state index in [0.717, 1.165) is 6.42 Å². The van der Waals surface area contributed by atoms with E-state index in [2.05, 4.69) is 41.5 Å². The minimum atomic E-state index is 0.0551. The van der Waals surface area contributed by atoms with Crippen molar-refractivity contribution in [3.63, 3.8) is 0 Å². The number of hydrogen-bond acceptors (Lipinski definition) is 2. The van der Waals surface area contributed by atoms with Crippen molar-refractivity contribution in [2.75, 3.05) is 0 Å². The molecule has 0 amide bonds. The Balaban J connectivity index is 4.35. The summed E-state index contributed by atoms with van der Waals surface area (Å²) in [4.78, 5) is 0. The van der Waals surface area contributed by atoms with E-state index in [0.29, 0.717) is 0 Å². The fourth-order valence-electron chi connectivity index (χ4n) is 1.08. The maximum absolute atomic E-state index is 5.97.